The summed E-state index contributed by atoms with van der Waals surface area (Å²) in [4.78, 5) is 3.91. The van der Waals surface area contributed by atoms with E-state index < -0.39 is 0 Å². The van der Waals surface area contributed by atoms with Crippen molar-refractivity contribution in [2.75, 3.05) is 18.5 Å². The van der Waals surface area contributed by atoms with E-state index >= 15 is 0 Å². The van der Waals surface area contributed by atoms with Crippen LogP contribution in [0.5, 0.6) is 0 Å². The van der Waals surface area contributed by atoms with Crippen molar-refractivity contribution in [1.82, 2.24) is 4.98 Å². The molecule has 0 unspecified atom stereocenters. The zero-order valence-electron chi connectivity index (χ0n) is 9.11. The van der Waals surface area contributed by atoms with Crippen molar-refractivity contribution < 1.29 is 5.11 Å². The van der Waals surface area contributed by atoms with Gasteiger partial charge < -0.3 is 10.4 Å². The summed E-state index contributed by atoms with van der Waals surface area (Å²) in [6.45, 7) is 1.11. The molecule has 0 spiro atoms. The Morgan fingerprint density at radius 1 is 1.56 bits per heavy atom. The highest BCUT2D eigenvalue weighted by Crippen LogP contribution is 2.48. The Balaban J connectivity index is 1.92. The average Bonchev–Trinajstić information content (AvgIpc) is 3.08. The lowest BCUT2D eigenvalue weighted by molar-refractivity contribution is 0.253. The van der Waals surface area contributed by atoms with Gasteiger partial charge in [0.2, 0.25) is 0 Å². The second-order valence-corrected chi connectivity index (χ2v) is 4.37. The average molecular weight is 217 g/mol. The molecular formula is C12H15N3O. The fraction of sp³-hybridized carbons (Fsp3) is 0.500. The SMILES string of the molecule is N#Cc1cc(NCC2(CCO)CC2)ccn1. The van der Waals surface area contributed by atoms with Gasteiger partial charge in [0.1, 0.15) is 11.8 Å². The summed E-state index contributed by atoms with van der Waals surface area (Å²) in [5.41, 5.74) is 1.64. The predicted octanol–water partition coefficient (Wildman–Crippen LogP) is 1.53. The minimum atomic E-state index is 0.251. The molecule has 84 valence electrons. The first-order chi connectivity index (χ1) is 7.78. The fourth-order valence-corrected chi connectivity index (χ4v) is 1.82. The van der Waals surface area contributed by atoms with Crippen LogP contribution >= 0.6 is 0 Å². The summed E-state index contributed by atoms with van der Waals surface area (Å²) >= 11 is 0. The number of nitriles is 1. The third-order valence-corrected chi connectivity index (χ3v) is 3.14. The van der Waals surface area contributed by atoms with Crippen molar-refractivity contribution in [1.29, 1.82) is 5.26 Å². The Labute approximate surface area is 94.9 Å². The maximum Gasteiger partial charge on any atom is 0.142 e. The molecule has 2 N–H and O–H groups in total. The molecule has 1 aromatic rings. The number of pyridine rings is 1. The highest BCUT2D eigenvalue weighted by Gasteiger charge is 2.41. The van der Waals surface area contributed by atoms with Gasteiger partial charge in [-0.3, -0.25) is 0 Å². The summed E-state index contributed by atoms with van der Waals surface area (Å²) in [5.74, 6) is 0. The van der Waals surface area contributed by atoms with Crippen LogP contribution in [0.1, 0.15) is 25.0 Å². The largest absolute Gasteiger partial charge is 0.396 e. The van der Waals surface area contributed by atoms with Crippen LogP contribution in [-0.4, -0.2) is 23.2 Å². The maximum atomic E-state index is 8.94. The molecular weight excluding hydrogens is 202 g/mol. The first kappa shape index (κ1) is 10.9. The molecule has 1 aliphatic rings. The summed E-state index contributed by atoms with van der Waals surface area (Å²) in [6.07, 6.45) is 4.84. The molecule has 0 saturated heterocycles. The van der Waals surface area contributed by atoms with E-state index in [1.807, 2.05) is 12.1 Å². The number of nitrogens with zero attached hydrogens (tertiary/aromatic N) is 2. The van der Waals surface area contributed by atoms with Crippen molar-refractivity contribution in [3.63, 3.8) is 0 Å². The van der Waals surface area contributed by atoms with Gasteiger partial charge in [0, 0.05) is 25.0 Å². The highest BCUT2D eigenvalue weighted by atomic mass is 16.3. The summed E-state index contributed by atoms with van der Waals surface area (Å²) in [7, 11) is 0. The summed E-state index contributed by atoms with van der Waals surface area (Å²) in [6, 6.07) is 5.62. The van der Waals surface area contributed by atoms with E-state index in [9.17, 15) is 0 Å². The minimum Gasteiger partial charge on any atom is -0.396 e. The van der Waals surface area contributed by atoms with E-state index in [-0.39, 0.29) is 12.0 Å². The van der Waals surface area contributed by atoms with Crippen molar-refractivity contribution in [2.45, 2.75) is 19.3 Å². The van der Waals surface area contributed by atoms with E-state index in [2.05, 4.69) is 10.3 Å². The molecule has 2 rings (SSSR count). The highest BCUT2D eigenvalue weighted by molar-refractivity contribution is 5.46. The van der Waals surface area contributed by atoms with Gasteiger partial charge in [-0.15, -0.1) is 0 Å². The summed E-state index contributed by atoms with van der Waals surface area (Å²) in [5, 5.41) is 21.0. The molecule has 1 aromatic heterocycles. The second-order valence-electron chi connectivity index (χ2n) is 4.37. The summed E-state index contributed by atoms with van der Waals surface area (Å²) < 4.78 is 0. The minimum absolute atomic E-state index is 0.251. The second kappa shape index (κ2) is 4.50. The Bertz CT molecular complexity index is 407. The molecule has 0 radical (unpaired) electrons. The predicted molar refractivity (Wildman–Crippen MR) is 60.8 cm³/mol. The lowest BCUT2D eigenvalue weighted by Crippen LogP contribution is -2.16. The lowest BCUT2D eigenvalue weighted by Gasteiger charge is -2.15. The van der Waals surface area contributed by atoms with E-state index in [1.54, 1.807) is 12.3 Å². The maximum absolute atomic E-state index is 8.94. The number of aromatic nitrogens is 1. The van der Waals surface area contributed by atoms with Gasteiger partial charge in [0.25, 0.3) is 0 Å². The first-order valence-corrected chi connectivity index (χ1v) is 5.49. The number of rotatable bonds is 5. The molecule has 0 bridgehead atoms. The molecule has 1 aliphatic carbocycles. The van der Waals surface area contributed by atoms with Crippen LogP contribution in [-0.2, 0) is 0 Å². The molecule has 0 atom stereocenters. The van der Waals surface area contributed by atoms with Gasteiger partial charge in [-0.2, -0.15) is 5.26 Å². The standard InChI is InChI=1S/C12H15N3O/c13-8-11-7-10(1-5-14-11)15-9-12(2-3-12)4-6-16/h1,5,7,16H,2-4,6,9H2,(H,14,15). The van der Waals surface area contributed by atoms with E-state index in [1.165, 1.54) is 12.8 Å². The first-order valence-electron chi connectivity index (χ1n) is 5.49. The number of aliphatic hydroxyl groups excluding tert-OH is 1. The molecule has 4 heteroatoms. The quantitative estimate of drug-likeness (QED) is 0.784. The molecule has 0 amide bonds. The van der Waals surface area contributed by atoms with E-state index in [0.717, 1.165) is 18.7 Å². The van der Waals surface area contributed by atoms with Crippen LogP contribution in [0.25, 0.3) is 0 Å². The van der Waals surface area contributed by atoms with Gasteiger partial charge in [-0.25, -0.2) is 4.98 Å². The number of nitrogens with one attached hydrogen (secondary N) is 1. The van der Waals surface area contributed by atoms with Crippen molar-refractivity contribution in [2.24, 2.45) is 5.41 Å². The zero-order valence-corrected chi connectivity index (χ0v) is 9.11. The lowest BCUT2D eigenvalue weighted by atomic mass is 10.0. The Hall–Kier alpha value is -1.60. The molecule has 4 nitrogen and oxygen atoms in total. The molecule has 0 aliphatic heterocycles. The molecule has 0 aromatic carbocycles. The number of hydrogen-bond donors (Lipinski definition) is 2. The normalized spacial score (nSPS) is 16.5. The van der Waals surface area contributed by atoms with E-state index in [0.29, 0.717) is 5.69 Å². The van der Waals surface area contributed by atoms with Gasteiger partial charge in [-0.05, 0) is 36.8 Å². The number of hydrogen-bond acceptors (Lipinski definition) is 4. The van der Waals surface area contributed by atoms with Gasteiger partial charge in [-0.1, -0.05) is 0 Å². The van der Waals surface area contributed by atoms with Crippen molar-refractivity contribution >= 4 is 5.69 Å². The van der Waals surface area contributed by atoms with Crippen LogP contribution in [0.3, 0.4) is 0 Å². The molecule has 16 heavy (non-hydrogen) atoms. The molecule has 1 saturated carbocycles. The monoisotopic (exact) mass is 217 g/mol. The number of anilines is 1. The Morgan fingerprint density at radius 2 is 2.38 bits per heavy atom. The smallest absolute Gasteiger partial charge is 0.142 e. The van der Waals surface area contributed by atoms with Gasteiger partial charge in [0.05, 0.1) is 0 Å². The number of aliphatic hydroxyl groups is 1. The molecule has 1 heterocycles. The van der Waals surface area contributed by atoms with E-state index in [4.69, 9.17) is 10.4 Å². The fourth-order valence-electron chi connectivity index (χ4n) is 1.82. The Kier molecular flexibility index (Phi) is 3.07. The third kappa shape index (κ3) is 2.50. The van der Waals surface area contributed by atoms with Crippen LogP contribution in [0, 0.1) is 16.7 Å². The van der Waals surface area contributed by atoms with Crippen molar-refractivity contribution in [3.8, 4) is 6.07 Å². The van der Waals surface area contributed by atoms with Crippen molar-refractivity contribution in [3.05, 3.63) is 24.0 Å². The Morgan fingerprint density at radius 3 is 3.00 bits per heavy atom. The molecule has 1 fully saturated rings. The van der Waals surface area contributed by atoms with Crippen LogP contribution in [0.4, 0.5) is 5.69 Å². The van der Waals surface area contributed by atoms with Crippen LogP contribution < -0.4 is 5.32 Å². The topological polar surface area (TPSA) is 68.9 Å². The van der Waals surface area contributed by atoms with Gasteiger partial charge in [0.15, 0.2) is 0 Å². The van der Waals surface area contributed by atoms with Gasteiger partial charge >= 0.3 is 0 Å². The zero-order chi connectivity index (χ0) is 11.4. The third-order valence-electron chi connectivity index (χ3n) is 3.14. The van der Waals surface area contributed by atoms with Crippen LogP contribution in [0.2, 0.25) is 0 Å². The van der Waals surface area contributed by atoms with Crippen LogP contribution in [0.15, 0.2) is 18.3 Å².